The van der Waals surface area contributed by atoms with E-state index >= 15 is 0 Å². The highest BCUT2D eigenvalue weighted by atomic mass is 16.5. The molecule has 0 saturated carbocycles. The number of rotatable bonds is 6. The molecule has 2 aliphatic rings. The summed E-state index contributed by atoms with van der Waals surface area (Å²) >= 11 is 0. The number of imidazole rings is 1. The first-order valence-corrected chi connectivity index (χ1v) is 16.9. The second-order valence-electron chi connectivity index (χ2n) is 12.9. The molecule has 10 heteroatoms. The van der Waals surface area contributed by atoms with E-state index in [-0.39, 0.29) is 17.2 Å². The molecule has 1 N–H and O–H groups in total. The van der Waals surface area contributed by atoms with Crippen molar-refractivity contribution in [3.63, 3.8) is 0 Å². The molecule has 0 radical (unpaired) electrons. The van der Waals surface area contributed by atoms with Crippen molar-refractivity contribution in [1.29, 1.82) is 0 Å². The van der Waals surface area contributed by atoms with Crippen LogP contribution >= 0.6 is 0 Å². The third-order valence-electron chi connectivity index (χ3n) is 9.54. The lowest BCUT2D eigenvalue weighted by Gasteiger charge is -2.27. The van der Waals surface area contributed by atoms with E-state index in [1.54, 1.807) is 35.9 Å². The van der Waals surface area contributed by atoms with Crippen molar-refractivity contribution in [3.05, 3.63) is 130 Å². The van der Waals surface area contributed by atoms with Gasteiger partial charge in [0.05, 0.1) is 41.5 Å². The minimum Gasteiger partial charge on any atom is -0.493 e. The quantitative estimate of drug-likeness (QED) is 0.215. The van der Waals surface area contributed by atoms with Crippen molar-refractivity contribution in [3.8, 4) is 34.0 Å². The SMILES string of the molecule is Cn1cc(-c2ccc3c(c2)CCCOc2cc(ccc2Cc2nc4ccc(C(=O)O)cc4n2C[C@@H]2CCO2)-c2cccc(n2)OC3)ccc1=O. The Morgan fingerprint density at radius 2 is 1.76 bits per heavy atom. The van der Waals surface area contributed by atoms with Crippen LogP contribution in [0.15, 0.2) is 95.9 Å². The molecule has 0 aliphatic carbocycles. The van der Waals surface area contributed by atoms with E-state index in [1.807, 2.05) is 42.6 Å². The Labute approximate surface area is 288 Å². The molecule has 0 amide bonds. The van der Waals surface area contributed by atoms with Crippen LogP contribution in [0.25, 0.3) is 33.4 Å². The van der Waals surface area contributed by atoms with Crippen LogP contribution in [0.3, 0.4) is 0 Å². The molecule has 0 unspecified atom stereocenters. The van der Waals surface area contributed by atoms with Crippen molar-refractivity contribution in [2.24, 2.45) is 7.05 Å². The lowest BCUT2D eigenvalue weighted by molar-refractivity contribution is -0.0589. The van der Waals surface area contributed by atoms with E-state index in [4.69, 9.17) is 24.2 Å². The fraction of sp³-hybridized carbons (Fsp3) is 0.250. The predicted octanol–water partition coefficient (Wildman–Crippen LogP) is 6.45. The normalized spacial score (nSPS) is 15.7. The van der Waals surface area contributed by atoms with Crippen LogP contribution in [0.1, 0.15) is 45.7 Å². The van der Waals surface area contributed by atoms with Crippen LogP contribution in [0.5, 0.6) is 11.6 Å². The second kappa shape index (κ2) is 13.3. The van der Waals surface area contributed by atoms with Crippen molar-refractivity contribution in [2.75, 3.05) is 13.2 Å². The Kier molecular flexibility index (Phi) is 8.38. The number of carboxylic acid groups (broad SMARTS) is 1. The van der Waals surface area contributed by atoms with Gasteiger partial charge in [-0.3, -0.25) is 4.79 Å². The number of aromatic nitrogens is 4. The molecule has 8 rings (SSSR count). The van der Waals surface area contributed by atoms with Crippen LogP contribution in [0, 0.1) is 0 Å². The number of carbonyl (C=O) groups is 1. The van der Waals surface area contributed by atoms with Crippen LogP contribution < -0.4 is 15.0 Å². The summed E-state index contributed by atoms with van der Waals surface area (Å²) in [6, 6.07) is 26.7. The van der Waals surface area contributed by atoms with Crippen molar-refractivity contribution in [2.45, 2.75) is 44.9 Å². The fourth-order valence-electron chi connectivity index (χ4n) is 6.64. The van der Waals surface area contributed by atoms with E-state index in [2.05, 4.69) is 28.8 Å². The molecule has 0 spiro atoms. The summed E-state index contributed by atoms with van der Waals surface area (Å²) in [6.45, 7) is 2.19. The largest absolute Gasteiger partial charge is 0.493 e. The van der Waals surface area contributed by atoms with Gasteiger partial charge in [0.15, 0.2) is 0 Å². The zero-order chi connectivity index (χ0) is 34.2. The lowest BCUT2D eigenvalue weighted by Crippen LogP contribution is -2.31. The number of carboxylic acids is 1. The molecule has 3 aromatic carbocycles. The zero-order valence-electron chi connectivity index (χ0n) is 27.7. The van der Waals surface area contributed by atoms with Gasteiger partial charge < -0.3 is 28.5 Å². The van der Waals surface area contributed by atoms with Gasteiger partial charge >= 0.3 is 5.97 Å². The summed E-state index contributed by atoms with van der Waals surface area (Å²) in [4.78, 5) is 33.6. The first-order chi connectivity index (χ1) is 24.4. The third-order valence-corrected chi connectivity index (χ3v) is 9.54. The van der Waals surface area contributed by atoms with Crippen molar-refractivity contribution in [1.82, 2.24) is 19.1 Å². The van der Waals surface area contributed by atoms with E-state index < -0.39 is 5.97 Å². The number of hydrogen-bond acceptors (Lipinski definition) is 7. The molecule has 252 valence electrons. The Hall–Kier alpha value is -5.74. The standard InChI is InChI=1S/C40H36N4O6/c1-43-22-30(12-14-39(43)45)26-7-10-31-24-50-38-6-2-5-33(42-38)27-8-9-28(36(20-27)49-16-3-4-25(31)18-26)21-37-41-34-13-11-29(40(46)47)19-35(34)44(37)23-32-15-17-48-32/h2,5-14,18-20,22,32H,3-4,15-17,21,23-24H2,1H3,(H,46,47)/t32-/m0/s1. The maximum Gasteiger partial charge on any atom is 0.335 e. The molecular formula is C40H36N4O6. The first kappa shape index (κ1) is 31.5. The lowest BCUT2D eigenvalue weighted by atomic mass is 9.97. The summed E-state index contributed by atoms with van der Waals surface area (Å²) in [5.41, 5.74) is 8.57. The van der Waals surface area contributed by atoms with Crippen molar-refractivity contribution >= 4 is 17.0 Å². The number of fused-ring (bicyclic) bond motifs is 7. The van der Waals surface area contributed by atoms with Crippen LogP contribution in [-0.4, -0.2) is 49.5 Å². The Morgan fingerprint density at radius 1 is 0.900 bits per heavy atom. The predicted molar refractivity (Wildman–Crippen MR) is 189 cm³/mol. The topological polar surface area (TPSA) is 118 Å². The van der Waals surface area contributed by atoms with Gasteiger partial charge in [0.25, 0.3) is 0 Å². The maximum atomic E-state index is 12.0. The number of nitrogens with zero attached hydrogens (tertiary/aromatic N) is 4. The van der Waals surface area contributed by atoms with Gasteiger partial charge in [-0.15, -0.1) is 0 Å². The zero-order valence-corrected chi connectivity index (χ0v) is 27.7. The van der Waals surface area contributed by atoms with Gasteiger partial charge in [-0.05, 0) is 77.9 Å². The Balaban J connectivity index is 1.13. The van der Waals surface area contributed by atoms with Gasteiger partial charge in [-0.25, -0.2) is 14.8 Å². The Morgan fingerprint density at radius 3 is 2.58 bits per heavy atom. The average molecular weight is 669 g/mol. The highest BCUT2D eigenvalue weighted by Crippen LogP contribution is 2.32. The number of hydrogen-bond donors (Lipinski definition) is 1. The van der Waals surface area contributed by atoms with Crippen molar-refractivity contribution < 1.29 is 24.1 Å². The molecule has 6 aromatic rings. The van der Waals surface area contributed by atoms with Gasteiger partial charge in [-0.1, -0.05) is 36.4 Å². The number of aryl methyl sites for hydroxylation is 2. The molecule has 1 atom stereocenters. The first-order valence-electron chi connectivity index (χ1n) is 16.9. The number of ether oxygens (including phenoxy) is 3. The van der Waals surface area contributed by atoms with E-state index in [1.165, 1.54) is 0 Å². The molecule has 2 aliphatic heterocycles. The molecule has 10 nitrogen and oxygen atoms in total. The molecule has 1 saturated heterocycles. The summed E-state index contributed by atoms with van der Waals surface area (Å²) in [6.07, 6.45) is 4.90. The number of benzene rings is 3. The number of aromatic carboxylic acids is 1. The molecule has 4 bridgehead atoms. The van der Waals surface area contributed by atoms with Crippen LogP contribution in [0.4, 0.5) is 0 Å². The average Bonchev–Trinajstić information content (AvgIpc) is 3.44. The second-order valence-corrected chi connectivity index (χ2v) is 12.9. The van der Waals surface area contributed by atoms with Crippen LogP contribution in [-0.2, 0) is 37.8 Å². The Bertz CT molecular complexity index is 2300. The van der Waals surface area contributed by atoms with Gasteiger partial charge in [-0.2, -0.15) is 0 Å². The molecule has 3 aromatic heterocycles. The van der Waals surface area contributed by atoms with E-state index in [0.717, 1.165) is 87.6 Å². The van der Waals surface area contributed by atoms with Gasteiger partial charge in [0.1, 0.15) is 18.2 Å². The summed E-state index contributed by atoms with van der Waals surface area (Å²) in [7, 11) is 1.76. The van der Waals surface area contributed by atoms with E-state index in [9.17, 15) is 14.7 Å². The molecule has 5 heterocycles. The minimum atomic E-state index is -0.971. The minimum absolute atomic E-state index is 0.0484. The third kappa shape index (κ3) is 6.37. The monoisotopic (exact) mass is 668 g/mol. The summed E-state index contributed by atoms with van der Waals surface area (Å²) < 4.78 is 22.3. The highest BCUT2D eigenvalue weighted by Gasteiger charge is 2.23. The summed E-state index contributed by atoms with van der Waals surface area (Å²) in [5.74, 6) is 1.13. The smallest absolute Gasteiger partial charge is 0.335 e. The van der Waals surface area contributed by atoms with E-state index in [0.29, 0.717) is 32.1 Å². The van der Waals surface area contributed by atoms with Gasteiger partial charge in [0.2, 0.25) is 11.4 Å². The maximum absolute atomic E-state index is 12.0. The molecule has 50 heavy (non-hydrogen) atoms. The fourth-order valence-corrected chi connectivity index (χ4v) is 6.64. The summed E-state index contributed by atoms with van der Waals surface area (Å²) in [5, 5.41) is 9.67. The molecular weight excluding hydrogens is 632 g/mol. The highest BCUT2D eigenvalue weighted by molar-refractivity contribution is 5.92. The molecule has 1 fully saturated rings. The van der Waals surface area contributed by atoms with Gasteiger partial charge in [0, 0.05) is 49.5 Å². The van der Waals surface area contributed by atoms with Crippen LogP contribution in [0.2, 0.25) is 0 Å². The number of pyridine rings is 2.